The van der Waals surface area contributed by atoms with Crippen LogP contribution in [0.25, 0.3) is 11.1 Å². The summed E-state index contributed by atoms with van der Waals surface area (Å²) in [5.41, 5.74) is 2.66. The maximum absolute atomic E-state index is 14.3. The molecule has 1 saturated heterocycles. The van der Waals surface area contributed by atoms with Crippen molar-refractivity contribution in [3.8, 4) is 11.1 Å². The molecule has 1 fully saturated rings. The molecule has 1 heterocycles. The van der Waals surface area contributed by atoms with Gasteiger partial charge in [-0.15, -0.1) is 0 Å². The zero-order valence-corrected chi connectivity index (χ0v) is 17.4. The standard InChI is InChI=1S/C23H21FN2O4S/c24-21-11-8-19(16-22(21)31(28,29)26-12-14-30-15-13-26)23(27)25-20-9-6-18(7-10-20)17-4-2-1-3-5-17/h1-11,16H,12-15H2,(H,25,27). The summed E-state index contributed by atoms with van der Waals surface area (Å²) in [4.78, 5) is 12.2. The van der Waals surface area contributed by atoms with E-state index < -0.39 is 26.6 Å². The fraction of sp³-hybridized carbons (Fsp3) is 0.174. The molecule has 1 N–H and O–H groups in total. The van der Waals surface area contributed by atoms with Gasteiger partial charge in [-0.25, -0.2) is 12.8 Å². The van der Waals surface area contributed by atoms with Crippen LogP contribution < -0.4 is 5.32 Å². The molecule has 1 aliphatic heterocycles. The van der Waals surface area contributed by atoms with E-state index >= 15 is 0 Å². The predicted molar refractivity (Wildman–Crippen MR) is 116 cm³/mol. The first-order chi connectivity index (χ1) is 14.9. The number of halogens is 1. The van der Waals surface area contributed by atoms with Crippen molar-refractivity contribution in [1.82, 2.24) is 4.31 Å². The molecule has 0 saturated carbocycles. The number of ether oxygens (including phenoxy) is 1. The minimum absolute atomic E-state index is 0.0559. The first-order valence-corrected chi connectivity index (χ1v) is 11.2. The molecule has 0 radical (unpaired) electrons. The molecule has 1 aliphatic rings. The van der Waals surface area contributed by atoms with Crippen molar-refractivity contribution in [1.29, 1.82) is 0 Å². The Bertz CT molecular complexity index is 1180. The van der Waals surface area contributed by atoms with Gasteiger partial charge in [0.2, 0.25) is 10.0 Å². The van der Waals surface area contributed by atoms with Crippen LogP contribution in [0.15, 0.2) is 77.7 Å². The Morgan fingerprint density at radius 2 is 1.55 bits per heavy atom. The van der Waals surface area contributed by atoms with E-state index in [4.69, 9.17) is 4.74 Å². The first kappa shape index (κ1) is 21.2. The van der Waals surface area contributed by atoms with Crippen molar-refractivity contribution in [3.05, 3.63) is 84.2 Å². The topological polar surface area (TPSA) is 75.7 Å². The number of hydrogen-bond donors (Lipinski definition) is 1. The highest BCUT2D eigenvalue weighted by Crippen LogP contribution is 2.24. The Morgan fingerprint density at radius 1 is 0.903 bits per heavy atom. The zero-order chi connectivity index (χ0) is 21.8. The van der Waals surface area contributed by atoms with Crippen molar-refractivity contribution >= 4 is 21.6 Å². The molecule has 6 nitrogen and oxygen atoms in total. The van der Waals surface area contributed by atoms with Gasteiger partial charge in [-0.3, -0.25) is 4.79 Å². The van der Waals surface area contributed by atoms with Crippen LogP contribution in [0, 0.1) is 5.82 Å². The number of morpholine rings is 1. The lowest BCUT2D eigenvalue weighted by Gasteiger charge is -2.26. The van der Waals surface area contributed by atoms with Crippen LogP contribution in [0.2, 0.25) is 0 Å². The van der Waals surface area contributed by atoms with Gasteiger partial charge in [0.05, 0.1) is 13.2 Å². The molecule has 8 heteroatoms. The van der Waals surface area contributed by atoms with Crippen molar-refractivity contribution < 1.29 is 22.3 Å². The predicted octanol–water partition coefficient (Wildman–Crippen LogP) is 3.77. The summed E-state index contributed by atoms with van der Waals surface area (Å²) in [5.74, 6) is -1.42. The number of carbonyl (C=O) groups excluding carboxylic acids is 1. The average Bonchev–Trinajstić information content (AvgIpc) is 2.81. The number of carbonyl (C=O) groups is 1. The van der Waals surface area contributed by atoms with Crippen molar-refractivity contribution in [2.45, 2.75) is 4.90 Å². The Morgan fingerprint density at radius 3 is 2.23 bits per heavy atom. The zero-order valence-electron chi connectivity index (χ0n) is 16.6. The van der Waals surface area contributed by atoms with E-state index in [1.165, 1.54) is 10.4 Å². The highest BCUT2D eigenvalue weighted by Gasteiger charge is 2.29. The van der Waals surface area contributed by atoms with E-state index in [1.807, 2.05) is 42.5 Å². The lowest BCUT2D eigenvalue weighted by molar-refractivity contribution is 0.0729. The number of amides is 1. The molecular weight excluding hydrogens is 419 g/mol. The fourth-order valence-corrected chi connectivity index (χ4v) is 4.85. The molecule has 0 aliphatic carbocycles. The molecule has 0 spiro atoms. The Hall–Kier alpha value is -3.07. The molecule has 31 heavy (non-hydrogen) atoms. The van der Waals surface area contributed by atoms with Crippen LogP contribution in [0.1, 0.15) is 10.4 Å². The maximum atomic E-state index is 14.3. The van der Waals surface area contributed by atoms with E-state index in [-0.39, 0.29) is 31.9 Å². The van der Waals surface area contributed by atoms with Crippen molar-refractivity contribution in [2.24, 2.45) is 0 Å². The monoisotopic (exact) mass is 440 g/mol. The second kappa shape index (κ2) is 8.97. The highest BCUT2D eigenvalue weighted by molar-refractivity contribution is 7.89. The van der Waals surface area contributed by atoms with Crippen LogP contribution in [0.5, 0.6) is 0 Å². The van der Waals surface area contributed by atoms with Gasteiger partial charge in [-0.2, -0.15) is 4.31 Å². The molecule has 160 valence electrons. The van der Waals surface area contributed by atoms with Crippen LogP contribution >= 0.6 is 0 Å². The van der Waals surface area contributed by atoms with Crippen molar-refractivity contribution in [3.63, 3.8) is 0 Å². The summed E-state index contributed by atoms with van der Waals surface area (Å²) in [7, 11) is -4.06. The number of hydrogen-bond acceptors (Lipinski definition) is 4. The molecule has 4 rings (SSSR count). The largest absolute Gasteiger partial charge is 0.379 e. The molecule has 0 aromatic heterocycles. The van der Waals surface area contributed by atoms with Crippen LogP contribution in [-0.2, 0) is 14.8 Å². The van der Waals surface area contributed by atoms with Gasteiger partial charge in [-0.1, -0.05) is 42.5 Å². The number of benzene rings is 3. The molecule has 0 atom stereocenters. The summed E-state index contributed by atoms with van der Waals surface area (Å²) in [6.07, 6.45) is 0. The minimum atomic E-state index is -4.06. The average molecular weight is 440 g/mol. The van der Waals surface area contributed by atoms with E-state index in [0.717, 1.165) is 23.3 Å². The third kappa shape index (κ3) is 4.66. The normalized spacial score (nSPS) is 14.9. The molecule has 1 amide bonds. The third-order valence-electron chi connectivity index (χ3n) is 5.03. The Labute approximate surface area is 180 Å². The summed E-state index contributed by atoms with van der Waals surface area (Å²) in [6, 6.07) is 20.4. The highest BCUT2D eigenvalue weighted by atomic mass is 32.2. The van der Waals surface area contributed by atoms with Gasteiger partial charge in [-0.05, 0) is 41.5 Å². The number of nitrogens with one attached hydrogen (secondary N) is 1. The van der Waals surface area contributed by atoms with Crippen molar-refractivity contribution in [2.75, 3.05) is 31.6 Å². The second-order valence-electron chi connectivity index (χ2n) is 7.06. The summed E-state index contributed by atoms with van der Waals surface area (Å²) in [6.45, 7) is 0.790. The fourth-order valence-electron chi connectivity index (χ4n) is 3.35. The van der Waals surface area contributed by atoms with Crippen LogP contribution in [0.4, 0.5) is 10.1 Å². The number of nitrogens with zero attached hydrogens (tertiary/aromatic N) is 1. The van der Waals surface area contributed by atoms with Gasteiger partial charge >= 0.3 is 0 Å². The van der Waals surface area contributed by atoms with Gasteiger partial charge in [0, 0.05) is 24.3 Å². The maximum Gasteiger partial charge on any atom is 0.255 e. The Balaban J connectivity index is 1.53. The molecule has 0 bridgehead atoms. The molecular formula is C23H21FN2O4S. The van der Waals surface area contributed by atoms with Gasteiger partial charge in [0.25, 0.3) is 5.91 Å². The minimum Gasteiger partial charge on any atom is -0.379 e. The number of anilines is 1. The number of rotatable bonds is 5. The van der Waals surface area contributed by atoms with Gasteiger partial charge in [0.1, 0.15) is 10.7 Å². The smallest absolute Gasteiger partial charge is 0.255 e. The molecule has 3 aromatic rings. The van der Waals surface area contributed by atoms with Crippen LogP contribution in [-0.4, -0.2) is 44.9 Å². The Kier molecular flexibility index (Phi) is 6.13. The summed E-state index contributed by atoms with van der Waals surface area (Å²) < 4.78 is 46.3. The summed E-state index contributed by atoms with van der Waals surface area (Å²) in [5, 5.41) is 2.72. The molecule has 3 aromatic carbocycles. The van der Waals surface area contributed by atoms with E-state index in [2.05, 4.69) is 5.32 Å². The SMILES string of the molecule is O=C(Nc1ccc(-c2ccccc2)cc1)c1ccc(F)c(S(=O)(=O)N2CCOCC2)c1. The lowest BCUT2D eigenvalue weighted by Crippen LogP contribution is -2.41. The van der Waals surface area contributed by atoms with Gasteiger partial charge < -0.3 is 10.1 Å². The van der Waals surface area contributed by atoms with Crippen LogP contribution in [0.3, 0.4) is 0 Å². The molecule has 0 unspecified atom stereocenters. The lowest BCUT2D eigenvalue weighted by atomic mass is 10.1. The van der Waals surface area contributed by atoms with E-state index in [1.54, 1.807) is 12.1 Å². The van der Waals surface area contributed by atoms with E-state index in [0.29, 0.717) is 5.69 Å². The van der Waals surface area contributed by atoms with Gasteiger partial charge in [0.15, 0.2) is 0 Å². The second-order valence-corrected chi connectivity index (χ2v) is 8.97. The first-order valence-electron chi connectivity index (χ1n) is 9.79. The van der Waals surface area contributed by atoms with E-state index in [9.17, 15) is 17.6 Å². The number of sulfonamides is 1. The third-order valence-corrected chi connectivity index (χ3v) is 6.94. The summed E-state index contributed by atoms with van der Waals surface area (Å²) >= 11 is 0. The quantitative estimate of drug-likeness (QED) is 0.655.